The first-order valence-electron chi connectivity index (χ1n) is 23.8. The summed E-state index contributed by atoms with van der Waals surface area (Å²) in [5.74, 6) is 0. The van der Waals surface area contributed by atoms with Gasteiger partial charge in [-0.2, -0.15) is 0 Å². The minimum absolute atomic E-state index is 0.944. The zero-order valence-corrected chi connectivity index (χ0v) is 38.1. The lowest BCUT2D eigenvalue weighted by Crippen LogP contribution is -2.17. The van der Waals surface area contributed by atoms with Gasteiger partial charge in [0.2, 0.25) is 0 Å². The fourth-order valence-electron chi connectivity index (χ4n) is 9.73. The van der Waals surface area contributed by atoms with Crippen LogP contribution in [0.25, 0.3) is 55.7 Å². The average molecular weight is 873 g/mol. The third-order valence-electron chi connectivity index (χ3n) is 13.3. The highest BCUT2D eigenvalue weighted by atomic mass is 15.2. The molecule has 9 aromatic rings. The van der Waals surface area contributed by atoms with Crippen LogP contribution in [0, 0.1) is 0 Å². The Labute approximate surface area is 401 Å². The molecule has 68 heavy (non-hydrogen) atoms. The number of allylic oxidation sites excluding steroid dienone is 8. The van der Waals surface area contributed by atoms with Gasteiger partial charge in [-0.1, -0.05) is 200 Å². The normalized spacial score (nSPS) is 13.3. The van der Waals surface area contributed by atoms with Crippen LogP contribution in [0.1, 0.15) is 36.8 Å². The van der Waals surface area contributed by atoms with Gasteiger partial charge >= 0.3 is 0 Å². The number of rotatable bonds is 12. The van der Waals surface area contributed by atoms with Gasteiger partial charge in [0.05, 0.1) is 0 Å². The quantitative estimate of drug-likeness (QED) is 0.121. The number of anilines is 5. The molecule has 2 heteroatoms. The minimum atomic E-state index is 0.944. The van der Waals surface area contributed by atoms with Gasteiger partial charge in [0.25, 0.3) is 0 Å². The Balaban J connectivity index is 0.905. The Bertz CT molecular complexity index is 3250. The molecule has 0 saturated carbocycles. The summed E-state index contributed by atoms with van der Waals surface area (Å²) in [4.78, 5) is 4.80. The summed E-state index contributed by atoms with van der Waals surface area (Å²) in [6.45, 7) is 0. The molecule has 0 amide bonds. The summed E-state index contributed by atoms with van der Waals surface area (Å²) in [6, 6.07) is 86.0. The first-order valence-corrected chi connectivity index (χ1v) is 23.8. The molecular formula is C66H52N2. The summed E-state index contributed by atoms with van der Waals surface area (Å²) < 4.78 is 0. The lowest BCUT2D eigenvalue weighted by molar-refractivity contribution is 0.930. The second-order valence-corrected chi connectivity index (χ2v) is 17.6. The van der Waals surface area contributed by atoms with Crippen LogP contribution in [0.2, 0.25) is 0 Å². The summed E-state index contributed by atoms with van der Waals surface area (Å²) in [7, 11) is 0. The van der Waals surface area contributed by atoms with Crippen molar-refractivity contribution in [2.75, 3.05) is 9.80 Å². The molecule has 0 radical (unpaired) electrons. The van der Waals surface area contributed by atoms with Gasteiger partial charge in [0.15, 0.2) is 0 Å². The summed E-state index contributed by atoms with van der Waals surface area (Å²) in [5, 5.41) is 0. The van der Waals surface area contributed by atoms with Crippen LogP contribution < -0.4 is 9.80 Å². The fraction of sp³-hybridized carbons (Fsp3) is 0.0606. The topological polar surface area (TPSA) is 6.48 Å². The smallest absolute Gasteiger partial charge is 0.0462 e. The highest BCUT2D eigenvalue weighted by Gasteiger charge is 2.20. The van der Waals surface area contributed by atoms with Crippen molar-refractivity contribution in [1.29, 1.82) is 0 Å². The van der Waals surface area contributed by atoms with Crippen LogP contribution >= 0.6 is 0 Å². The first kappa shape index (κ1) is 42.2. The second kappa shape index (κ2) is 19.6. The Hall–Kier alpha value is -8.46. The number of hydrogen-bond donors (Lipinski definition) is 0. The van der Waals surface area contributed by atoms with Crippen molar-refractivity contribution in [1.82, 2.24) is 0 Å². The molecule has 0 unspecified atom stereocenters. The van der Waals surface area contributed by atoms with Crippen LogP contribution in [-0.2, 0) is 0 Å². The van der Waals surface area contributed by atoms with Gasteiger partial charge in [-0.05, 0) is 159 Å². The highest BCUT2D eigenvalue weighted by molar-refractivity contribution is 5.87. The van der Waals surface area contributed by atoms with Gasteiger partial charge in [0, 0.05) is 34.1 Å². The largest absolute Gasteiger partial charge is 0.314 e. The van der Waals surface area contributed by atoms with E-state index in [1.807, 2.05) is 0 Å². The molecule has 0 bridgehead atoms. The third kappa shape index (κ3) is 9.05. The average Bonchev–Trinajstić information content (AvgIpc) is 3.43. The Kier molecular flexibility index (Phi) is 12.1. The first-order chi connectivity index (χ1) is 33.7. The standard InChI is InChI=1S/C66H52N2/c1-5-15-49(16-6-1)53-25-37-59(38-26-53)67(60-39-27-54(28-40-60)50-17-7-2-8-18-50)63-45-33-57(34-46-63)65-23-13-14-24-66(65)58-35-47-64(48-36-58)68(61-41-29-55(30-42-61)51-19-9-3-10-20-51)62-43-31-56(32-44-62)52-21-11-4-12-22-52/h1-11,13-21,23-27,29-39,41-48H,12,22,28,40H2. The zero-order chi connectivity index (χ0) is 45.5. The van der Waals surface area contributed by atoms with Crippen molar-refractivity contribution >= 4 is 39.6 Å². The Morgan fingerprint density at radius 3 is 1.01 bits per heavy atom. The van der Waals surface area contributed by atoms with Gasteiger partial charge < -0.3 is 9.80 Å². The van der Waals surface area contributed by atoms with Crippen LogP contribution in [0.3, 0.4) is 0 Å². The van der Waals surface area contributed by atoms with Crippen molar-refractivity contribution in [3.05, 3.63) is 284 Å². The molecule has 0 fully saturated rings. The molecule has 0 aromatic heterocycles. The van der Waals surface area contributed by atoms with E-state index in [2.05, 4.69) is 277 Å². The van der Waals surface area contributed by atoms with Crippen LogP contribution in [0.4, 0.5) is 28.4 Å². The Morgan fingerprint density at radius 2 is 0.603 bits per heavy atom. The lowest BCUT2D eigenvalue weighted by Gasteiger charge is -2.30. The monoisotopic (exact) mass is 872 g/mol. The van der Waals surface area contributed by atoms with Crippen molar-refractivity contribution in [3.8, 4) is 44.5 Å². The van der Waals surface area contributed by atoms with Crippen molar-refractivity contribution in [2.24, 2.45) is 0 Å². The summed E-state index contributed by atoms with van der Waals surface area (Å²) in [5.41, 5.74) is 21.9. The van der Waals surface area contributed by atoms with E-state index in [0.717, 1.165) is 54.1 Å². The maximum atomic E-state index is 2.43. The Morgan fingerprint density at radius 1 is 0.250 bits per heavy atom. The lowest BCUT2D eigenvalue weighted by atomic mass is 9.93. The van der Waals surface area contributed by atoms with E-state index in [1.165, 1.54) is 72.5 Å². The molecule has 2 aliphatic carbocycles. The molecule has 0 atom stereocenters. The van der Waals surface area contributed by atoms with E-state index in [0.29, 0.717) is 0 Å². The number of benzene rings is 9. The fourth-order valence-corrected chi connectivity index (χ4v) is 9.73. The predicted molar refractivity (Wildman–Crippen MR) is 290 cm³/mol. The van der Waals surface area contributed by atoms with Crippen molar-refractivity contribution in [2.45, 2.75) is 25.7 Å². The van der Waals surface area contributed by atoms with Gasteiger partial charge in [-0.25, -0.2) is 0 Å². The highest BCUT2D eigenvalue weighted by Crippen LogP contribution is 2.42. The molecular weight excluding hydrogens is 821 g/mol. The van der Waals surface area contributed by atoms with E-state index >= 15 is 0 Å². The third-order valence-corrected chi connectivity index (χ3v) is 13.3. The second-order valence-electron chi connectivity index (χ2n) is 17.6. The van der Waals surface area contributed by atoms with E-state index in [4.69, 9.17) is 0 Å². The molecule has 0 aliphatic heterocycles. The predicted octanol–water partition coefficient (Wildman–Crippen LogP) is 18.5. The van der Waals surface area contributed by atoms with Crippen LogP contribution in [0.15, 0.2) is 273 Å². The maximum absolute atomic E-state index is 2.43. The van der Waals surface area contributed by atoms with Gasteiger partial charge in [-0.3, -0.25) is 0 Å². The summed E-state index contributed by atoms with van der Waals surface area (Å²) >= 11 is 0. The number of hydrogen-bond acceptors (Lipinski definition) is 2. The minimum Gasteiger partial charge on any atom is -0.314 e. The molecule has 0 spiro atoms. The van der Waals surface area contributed by atoms with Gasteiger partial charge in [-0.15, -0.1) is 0 Å². The van der Waals surface area contributed by atoms with Crippen LogP contribution in [-0.4, -0.2) is 0 Å². The molecule has 0 saturated heterocycles. The number of nitrogens with zero attached hydrogens (tertiary/aromatic N) is 2. The zero-order valence-electron chi connectivity index (χ0n) is 38.1. The molecule has 9 aromatic carbocycles. The van der Waals surface area contributed by atoms with E-state index in [-0.39, 0.29) is 0 Å². The molecule has 2 aliphatic rings. The van der Waals surface area contributed by atoms with Crippen molar-refractivity contribution in [3.63, 3.8) is 0 Å². The molecule has 11 rings (SSSR count). The van der Waals surface area contributed by atoms with E-state index in [1.54, 1.807) is 0 Å². The van der Waals surface area contributed by atoms with E-state index in [9.17, 15) is 0 Å². The SMILES string of the molecule is C1=CCCC(c2ccc(N(c3ccc(-c4ccccc4)cc3)c3ccc(-c4ccccc4-c4ccc(N(C5=CC=C(c6ccccc6)CC5)c5ccc(-c6ccccc6)cc5)cc4)cc3)cc2)=C1. The molecule has 0 N–H and O–H groups in total. The van der Waals surface area contributed by atoms with E-state index < -0.39 is 0 Å². The molecule has 0 heterocycles. The molecule has 326 valence electrons. The van der Waals surface area contributed by atoms with Gasteiger partial charge in [0.1, 0.15) is 0 Å². The summed E-state index contributed by atoms with van der Waals surface area (Å²) in [6.07, 6.45) is 15.4. The van der Waals surface area contributed by atoms with Crippen LogP contribution in [0.5, 0.6) is 0 Å². The van der Waals surface area contributed by atoms with Crippen molar-refractivity contribution < 1.29 is 0 Å². The maximum Gasteiger partial charge on any atom is 0.0462 e. The molecule has 2 nitrogen and oxygen atoms in total.